The van der Waals surface area contributed by atoms with Crippen LogP contribution in [-0.2, 0) is 6.54 Å². The van der Waals surface area contributed by atoms with Gasteiger partial charge in [0.25, 0.3) is 0 Å². The number of nitrogens with zero attached hydrogens (tertiary/aromatic N) is 6. The molecule has 0 saturated heterocycles. The van der Waals surface area contributed by atoms with Crippen LogP contribution in [0.4, 0.5) is 5.82 Å². The molecule has 8 nitrogen and oxygen atoms in total. The number of anilines is 1. The number of pyridine rings is 1. The molecular formula is C20H16ClN7O. The fraction of sp³-hybridized carbons (Fsp3) is 0.100. The minimum Gasteiger partial charge on any atom is -0.307 e. The first-order chi connectivity index (χ1) is 14.1. The van der Waals surface area contributed by atoms with Gasteiger partial charge in [-0.05, 0) is 36.2 Å². The molecule has 3 heterocycles. The van der Waals surface area contributed by atoms with Gasteiger partial charge in [0, 0.05) is 18.0 Å². The van der Waals surface area contributed by atoms with Crippen molar-refractivity contribution in [1.29, 1.82) is 0 Å². The predicted molar refractivity (Wildman–Crippen MR) is 111 cm³/mol. The van der Waals surface area contributed by atoms with E-state index in [-0.39, 0.29) is 17.6 Å². The molecular weight excluding hydrogens is 390 g/mol. The number of hydrazone groups is 1. The predicted octanol–water partition coefficient (Wildman–Crippen LogP) is 3.51. The van der Waals surface area contributed by atoms with Gasteiger partial charge in [0.15, 0.2) is 22.8 Å². The number of benzene rings is 1. The first-order valence-electron chi connectivity index (χ1n) is 8.77. The van der Waals surface area contributed by atoms with E-state index in [1.165, 1.54) is 12.5 Å². The summed E-state index contributed by atoms with van der Waals surface area (Å²) in [5.74, 6) is 0.246. The highest BCUT2D eigenvalue weighted by Crippen LogP contribution is 2.21. The number of halogens is 1. The SMILES string of the molecule is Cc1cccc(/C=N/Nc2nc(Cl)nc3c2ncn3CC(=O)c2cccnc2)c1. The van der Waals surface area contributed by atoms with Crippen molar-refractivity contribution < 1.29 is 4.79 Å². The summed E-state index contributed by atoms with van der Waals surface area (Å²) in [5.41, 5.74) is 6.36. The van der Waals surface area contributed by atoms with Gasteiger partial charge < -0.3 is 4.57 Å². The molecule has 4 rings (SSSR count). The molecule has 0 radical (unpaired) electrons. The molecule has 0 atom stereocenters. The minimum absolute atomic E-state index is 0.0290. The Kier molecular flexibility index (Phi) is 5.26. The maximum Gasteiger partial charge on any atom is 0.226 e. The molecule has 0 aliphatic carbocycles. The van der Waals surface area contributed by atoms with Gasteiger partial charge in [-0.15, -0.1) is 0 Å². The largest absolute Gasteiger partial charge is 0.307 e. The van der Waals surface area contributed by atoms with Gasteiger partial charge in [-0.25, -0.2) is 4.98 Å². The van der Waals surface area contributed by atoms with Crippen LogP contribution in [0.2, 0.25) is 5.28 Å². The van der Waals surface area contributed by atoms with E-state index in [2.05, 4.69) is 30.5 Å². The molecule has 0 aliphatic heterocycles. The third-order valence-corrected chi connectivity index (χ3v) is 4.33. The summed E-state index contributed by atoms with van der Waals surface area (Å²) in [6.07, 6.45) is 6.35. The van der Waals surface area contributed by atoms with Crippen molar-refractivity contribution in [2.24, 2.45) is 5.10 Å². The Morgan fingerprint density at radius 2 is 2.17 bits per heavy atom. The zero-order chi connectivity index (χ0) is 20.2. The van der Waals surface area contributed by atoms with Crippen LogP contribution in [0, 0.1) is 6.92 Å². The second-order valence-electron chi connectivity index (χ2n) is 6.33. The Morgan fingerprint density at radius 3 is 2.97 bits per heavy atom. The van der Waals surface area contributed by atoms with Crippen LogP contribution in [0.15, 0.2) is 60.2 Å². The molecule has 0 saturated carbocycles. The fourth-order valence-corrected chi connectivity index (χ4v) is 2.97. The molecule has 0 bridgehead atoms. The fourth-order valence-electron chi connectivity index (χ4n) is 2.80. The summed E-state index contributed by atoms with van der Waals surface area (Å²) < 4.78 is 1.62. The van der Waals surface area contributed by atoms with Crippen molar-refractivity contribution in [2.75, 3.05) is 5.43 Å². The molecule has 0 unspecified atom stereocenters. The lowest BCUT2D eigenvalue weighted by molar-refractivity contribution is 0.0973. The quantitative estimate of drug-likeness (QED) is 0.228. The van der Waals surface area contributed by atoms with Crippen LogP contribution in [0.1, 0.15) is 21.5 Å². The summed E-state index contributed by atoms with van der Waals surface area (Å²) in [7, 11) is 0. The number of aryl methyl sites for hydroxylation is 1. The minimum atomic E-state index is -0.112. The number of aromatic nitrogens is 5. The highest BCUT2D eigenvalue weighted by molar-refractivity contribution is 6.28. The van der Waals surface area contributed by atoms with E-state index in [0.717, 1.165) is 11.1 Å². The number of carbonyl (C=O) groups is 1. The van der Waals surface area contributed by atoms with Crippen LogP contribution in [0.25, 0.3) is 11.2 Å². The van der Waals surface area contributed by atoms with Gasteiger partial charge in [-0.2, -0.15) is 15.1 Å². The van der Waals surface area contributed by atoms with Crippen LogP contribution >= 0.6 is 11.6 Å². The Hall–Kier alpha value is -3.65. The maximum atomic E-state index is 12.5. The van der Waals surface area contributed by atoms with Crippen molar-refractivity contribution in [3.63, 3.8) is 0 Å². The third-order valence-electron chi connectivity index (χ3n) is 4.16. The molecule has 144 valence electrons. The van der Waals surface area contributed by atoms with Crippen LogP contribution in [0.5, 0.6) is 0 Å². The second kappa shape index (κ2) is 8.15. The van der Waals surface area contributed by atoms with E-state index in [4.69, 9.17) is 11.6 Å². The summed E-state index contributed by atoms with van der Waals surface area (Å²) in [6.45, 7) is 2.07. The zero-order valence-corrected chi connectivity index (χ0v) is 16.2. The van der Waals surface area contributed by atoms with Gasteiger partial charge in [0.05, 0.1) is 19.1 Å². The summed E-state index contributed by atoms with van der Waals surface area (Å²) in [5, 5.41) is 4.24. The Morgan fingerprint density at radius 1 is 1.28 bits per heavy atom. The van der Waals surface area contributed by atoms with E-state index in [9.17, 15) is 4.79 Å². The number of hydrogen-bond acceptors (Lipinski definition) is 7. The molecule has 9 heteroatoms. The van der Waals surface area contributed by atoms with Crippen LogP contribution < -0.4 is 5.43 Å². The highest BCUT2D eigenvalue weighted by atomic mass is 35.5. The monoisotopic (exact) mass is 405 g/mol. The summed E-state index contributed by atoms with van der Waals surface area (Å²) in [6, 6.07) is 11.3. The van der Waals surface area contributed by atoms with Crippen molar-refractivity contribution in [3.8, 4) is 0 Å². The van der Waals surface area contributed by atoms with Gasteiger partial charge in [-0.3, -0.25) is 15.2 Å². The number of ketones is 1. The molecule has 3 aromatic heterocycles. The van der Waals surface area contributed by atoms with Crippen molar-refractivity contribution >= 4 is 40.6 Å². The lowest BCUT2D eigenvalue weighted by Gasteiger charge is -2.05. The van der Waals surface area contributed by atoms with E-state index in [0.29, 0.717) is 22.5 Å². The van der Waals surface area contributed by atoms with E-state index in [1.54, 1.807) is 29.1 Å². The van der Waals surface area contributed by atoms with Crippen molar-refractivity contribution in [3.05, 3.63) is 77.1 Å². The van der Waals surface area contributed by atoms with E-state index >= 15 is 0 Å². The van der Waals surface area contributed by atoms with Crippen molar-refractivity contribution in [1.82, 2.24) is 24.5 Å². The maximum absolute atomic E-state index is 12.5. The number of hydrogen-bond donors (Lipinski definition) is 1. The summed E-state index contributed by atoms with van der Waals surface area (Å²) >= 11 is 6.07. The summed E-state index contributed by atoms with van der Waals surface area (Å²) in [4.78, 5) is 29.1. The first kappa shape index (κ1) is 18.7. The lowest BCUT2D eigenvalue weighted by atomic mass is 10.2. The van der Waals surface area contributed by atoms with Crippen LogP contribution in [-0.4, -0.2) is 36.5 Å². The Labute approximate surface area is 171 Å². The molecule has 0 fully saturated rings. The molecule has 0 aliphatic rings. The number of imidazole rings is 1. The highest BCUT2D eigenvalue weighted by Gasteiger charge is 2.15. The average Bonchev–Trinajstić information content (AvgIpc) is 3.11. The van der Waals surface area contributed by atoms with Gasteiger partial charge in [0.2, 0.25) is 5.28 Å². The second-order valence-corrected chi connectivity index (χ2v) is 6.67. The average molecular weight is 406 g/mol. The number of rotatable bonds is 6. The molecule has 1 aromatic carbocycles. The number of Topliss-reactive ketones (excluding diaryl/α,β-unsaturated/α-hetero) is 1. The van der Waals surface area contributed by atoms with Gasteiger partial charge in [0.1, 0.15) is 0 Å². The van der Waals surface area contributed by atoms with E-state index < -0.39 is 0 Å². The van der Waals surface area contributed by atoms with E-state index in [1.807, 2.05) is 31.2 Å². The normalized spacial score (nSPS) is 11.2. The number of carbonyl (C=O) groups excluding carboxylic acids is 1. The molecule has 1 N–H and O–H groups in total. The third kappa shape index (κ3) is 4.27. The standard InChI is InChI=1S/C20H16ClN7O/c1-13-4-2-5-14(8-13)9-24-27-18-17-19(26-20(21)25-18)28(12-23-17)11-16(29)15-6-3-7-22-10-15/h2-10,12H,11H2,1H3,(H,25,26,27)/b24-9+. The molecule has 29 heavy (non-hydrogen) atoms. The number of fused-ring (bicyclic) bond motifs is 1. The Balaban J connectivity index is 1.59. The topological polar surface area (TPSA) is 98.0 Å². The molecule has 4 aromatic rings. The van der Waals surface area contributed by atoms with Crippen molar-refractivity contribution in [2.45, 2.75) is 13.5 Å². The first-order valence-corrected chi connectivity index (χ1v) is 9.15. The number of nitrogens with one attached hydrogen (secondary N) is 1. The lowest BCUT2D eigenvalue weighted by Crippen LogP contribution is -2.10. The van der Waals surface area contributed by atoms with Gasteiger partial charge >= 0.3 is 0 Å². The Bertz CT molecular complexity index is 1200. The molecule has 0 spiro atoms. The molecule has 0 amide bonds. The van der Waals surface area contributed by atoms with Gasteiger partial charge in [-0.1, -0.05) is 29.8 Å². The van der Waals surface area contributed by atoms with Crippen LogP contribution in [0.3, 0.4) is 0 Å². The zero-order valence-electron chi connectivity index (χ0n) is 15.5. The smallest absolute Gasteiger partial charge is 0.226 e.